The molecule has 0 saturated carbocycles. The average Bonchev–Trinajstić information content (AvgIpc) is 3.08. The summed E-state index contributed by atoms with van der Waals surface area (Å²) < 4.78 is 59.1. The molecule has 4 N–H and O–H groups in total. The molecule has 0 spiro atoms. The fraction of sp³-hybridized carbons (Fsp3) is 0.294. The molecule has 1 aromatic heterocycles. The van der Waals surface area contributed by atoms with Gasteiger partial charge in [0.2, 0.25) is 5.91 Å². The Hall–Kier alpha value is -2.86. The van der Waals surface area contributed by atoms with Crippen LogP contribution in [0.3, 0.4) is 0 Å². The van der Waals surface area contributed by atoms with Gasteiger partial charge in [-0.1, -0.05) is 0 Å². The summed E-state index contributed by atoms with van der Waals surface area (Å²) in [6.45, 7) is 0.0210. The zero-order valence-electron chi connectivity index (χ0n) is 15.0. The summed E-state index contributed by atoms with van der Waals surface area (Å²) in [6, 6.07) is 0.745. The van der Waals surface area contributed by atoms with Crippen molar-refractivity contribution in [1.82, 2.24) is 20.9 Å². The molecule has 156 valence electrons. The highest BCUT2D eigenvalue weighted by atomic mass is 32.2. The first-order valence-corrected chi connectivity index (χ1v) is 9.51. The van der Waals surface area contributed by atoms with E-state index in [4.69, 9.17) is 0 Å². The minimum atomic E-state index is -4.49. The predicted octanol–water partition coefficient (Wildman–Crippen LogP) is 1.08. The maximum atomic E-state index is 12.2. The summed E-state index contributed by atoms with van der Waals surface area (Å²) in [5.74, 6) is -0.804. The van der Waals surface area contributed by atoms with Crippen molar-refractivity contribution >= 4 is 28.2 Å². The van der Waals surface area contributed by atoms with Gasteiger partial charge in [0, 0.05) is 46.4 Å². The number of hydrogen-bond donors (Lipinski definition) is 4. The Kier molecular flexibility index (Phi) is 5.94. The Labute approximate surface area is 166 Å². The highest BCUT2D eigenvalue weighted by Gasteiger charge is 2.29. The molecule has 3 heterocycles. The van der Waals surface area contributed by atoms with Crippen LogP contribution in [0.4, 0.5) is 18.9 Å². The van der Waals surface area contributed by atoms with Gasteiger partial charge in [-0.15, -0.1) is 0 Å². The van der Waals surface area contributed by atoms with Gasteiger partial charge in [-0.3, -0.25) is 14.0 Å². The summed E-state index contributed by atoms with van der Waals surface area (Å²) in [7, 11) is 0. The first-order chi connectivity index (χ1) is 13.6. The van der Waals surface area contributed by atoms with Crippen LogP contribution in [0.5, 0.6) is 0 Å². The molecule has 0 bridgehead atoms. The standard InChI is InChI=1S/C17H18F3N5O3S/c1-9(16(26)24-8-17(18,19)20)25-11-2-10(4-21-5-11)14-7-23-15-13(14)3-12(6-22-15)29(27)28/h2-7,9,15,22-23,25H,8H2,1H3,(H,24,26)(H,27,28)/p-1/t9-,15?/m1/s1. The Bertz CT molecular complexity index is 929. The van der Waals surface area contributed by atoms with Crippen LogP contribution in [-0.4, -0.2) is 44.6 Å². The van der Waals surface area contributed by atoms with Gasteiger partial charge < -0.3 is 25.8 Å². The fourth-order valence-electron chi connectivity index (χ4n) is 2.82. The van der Waals surface area contributed by atoms with Crippen molar-refractivity contribution in [3.05, 3.63) is 53.0 Å². The quantitative estimate of drug-likeness (QED) is 0.501. The Balaban J connectivity index is 1.72. The molecule has 0 fully saturated rings. The van der Waals surface area contributed by atoms with E-state index in [9.17, 15) is 26.7 Å². The van der Waals surface area contributed by atoms with Crippen LogP contribution in [0.2, 0.25) is 0 Å². The molecule has 12 heteroatoms. The molecule has 2 unspecified atom stereocenters. The van der Waals surface area contributed by atoms with E-state index in [1.54, 1.807) is 18.5 Å². The Morgan fingerprint density at radius 3 is 2.76 bits per heavy atom. The number of hydrogen-bond acceptors (Lipinski definition) is 7. The molecule has 1 aromatic rings. The van der Waals surface area contributed by atoms with E-state index in [0.717, 1.165) is 0 Å². The lowest BCUT2D eigenvalue weighted by atomic mass is 9.99. The second kappa shape index (κ2) is 8.25. The molecule has 3 atom stereocenters. The molecule has 29 heavy (non-hydrogen) atoms. The number of carbonyl (C=O) groups excluding carboxylic acids is 1. The minimum absolute atomic E-state index is 0.100. The van der Waals surface area contributed by atoms with Gasteiger partial charge in [0.05, 0.1) is 5.69 Å². The summed E-state index contributed by atoms with van der Waals surface area (Å²) in [4.78, 5) is 16.0. The molecule has 0 radical (unpaired) electrons. The zero-order chi connectivity index (χ0) is 21.2. The number of aromatic nitrogens is 1. The first kappa shape index (κ1) is 20.9. The number of nitrogens with one attached hydrogen (secondary N) is 4. The number of pyridine rings is 1. The van der Waals surface area contributed by atoms with Crippen molar-refractivity contribution in [3.63, 3.8) is 0 Å². The van der Waals surface area contributed by atoms with Gasteiger partial charge in [0.15, 0.2) is 0 Å². The molecule has 2 aliphatic heterocycles. The van der Waals surface area contributed by atoms with E-state index in [-0.39, 0.29) is 11.1 Å². The fourth-order valence-corrected chi connectivity index (χ4v) is 3.21. The number of alkyl halides is 3. The number of dihydropyridines is 1. The van der Waals surface area contributed by atoms with Gasteiger partial charge in [-0.05, 0) is 30.1 Å². The minimum Gasteiger partial charge on any atom is -0.768 e. The number of rotatable bonds is 6. The lowest BCUT2D eigenvalue weighted by molar-refractivity contribution is -0.138. The largest absolute Gasteiger partial charge is 0.768 e. The Morgan fingerprint density at radius 1 is 1.34 bits per heavy atom. The van der Waals surface area contributed by atoms with Crippen LogP contribution in [0.25, 0.3) is 5.57 Å². The third kappa shape index (κ3) is 5.15. The first-order valence-electron chi connectivity index (χ1n) is 8.44. The lowest BCUT2D eigenvalue weighted by Crippen LogP contribution is -2.42. The summed E-state index contributed by atoms with van der Waals surface area (Å²) >= 11 is -2.39. The normalized spacial score (nSPS) is 20.2. The third-order valence-corrected chi connectivity index (χ3v) is 4.81. The van der Waals surface area contributed by atoms with E-state index in [1.165, 1.54) is 25.4 Å². The van der Waals surface area contributed by atoms with Gasteiger partial charge in [0.25, 0.3) is 0 Å². The van der Waals surface area contributed by atoms with Crippen molar-refractivity contribution in [2.75, 3.05) is 11.9 Å². The highest BCUT2D eigenvalue weighted by molar-refractivity contribution is 7.83. The molecule has 0 saturated heterocycles. The van der Waals surface area contributed by atoms with Crippen LogP contribution in [-0.2, 0) is 15.9 Å². The molecule has 2 aliphatic rings. The van der Waals surface area contributed by atoms with Crippen molar-refractivity contribution in [1.29, 1.82) is 0 Å². The highest BCUT2D eigenvalue weighted by Crippen LogP contribution is 2.32. The second-order valence-corrected chi connectivity index (χ2v) is 7.31. The molecule has 0 aliphatic carbocycles. The summed E-state index contributed by atoms with van der Waals surface area (Å²) in [5.41, 5.74) is 2.46. The van der Waals surface area contributed by atoms with Gasteiger partial charge in [-0.25, -0.2) is 0 Å². The summed E-state index contributed by atoms with van der Waals surface area (Å²) in [5, 5.41) is 10.6. The van der Waals surface area contributed by atoms with Crippen LogP contribution < -0.4 is 21.3 Å². The number of fused-ring (bicyclic) bond motifs is 1. The molecular weight excluding hydrogens is 411 g/mol. The number of carbonyl (C=O) groups is 1. The number of allylic oxidation sites excluding steroid dienone is 1. The van der Waals surface area contributed by atoms with Crippen LogP contribution in [0.15, 0.2) is 47.4 Å². The summed E-state index contributed by atoms with van der Waals surface area (Å²) in [6.07, 6.45) is 2.83. The van der Waals surface area contributed by atoms with E-state index in [1.807, 2.05) is 5.32 Å². The Morgan fingerprint density at radius 2 is 2.07 bits per heavy atom. The van der Waals surface area contributed by atoms with Crippen LogP contribution in [0.1, 0.15) is 12.5 Å². The number of nitrogens with zero attached hydrogens (tertiary/aromatic N) is 1. The van der Waals surface area contributed by atoms with Gasteiger partial charge in [-0.2, -0.15) is 13.2 Å². The smallest absolute Gasteiger partial charge is 0.405 e. The zero-order valence-corrected chi connectivity index (χ0v) is 15.9. The van der Waals surface area contributed by atoms with E-state index in [0.29, 0.717) is 22.4 Å². The SMILES string of the molecule is C[C@@H](Nc1cncc(C2=CNC3NC=C(S(=O)[O-])C=C23)c1)C(=O)NCC(F)(F)F. The number of amides is 1. The number of anilines is 1. The average molecular weight is 428 g/mol. The molecular formula is C17H17F3N5O3S-. The van der Waals surface area contributed by atoms with Crippen LogP contribution >= 0.6 is 0 Å². The third-order valence-electron chi connectivity index (χ3n) is 4.19. The molecule has 0 aromatic carbocycles. The van der Waals surface area contributed by atoms with Crippen molar-refractivity contribution in [2.24, 2.45) is 0 Å². The van der Waals surface area contributed by atoms with Gasteiger partial charge in [0.1, 0.15) is 18.8 Å². The van der Waals surface area contributed by atoms with Crippen molar-refractivity contribution in [3.8, 4) is 0 Å². The lowest BCUT2D eigenvalue weighted by Gasteiger charge is -2.22. The van der Waals surface area contributed by atoms with E-state index in [2.05, 4.69) is 20.9 Å². The number of halogens is 3. The monoisotopic (exact) mass is 428 g/mol. The maximum Gasteiger partial charge on any atom is 0.405 e. The topological polar surface area (TPSA) is 118 Å². The van der Waals surface area contributed by atoms with E-state index < -0.39 is 35.8 Å². The van der Waals surface area contributed by atoms with Crippen molar-refractivity contribution in [2.45, 2.75) is 25.3 Å². The molecule has 8 nitrogen and oxygen atoms in total. The van der Waals surface area contributed by atoms with Gasteiger partial charge >= 0.3 is 6.18 Å². The predicted molar refractivity (Wildman–Crippen MR) is 99.5 cm³/mol. The second-order valence-electron chi connectivity index (χ2n) is 6.37. The molecule has 1 amide bonds. The maximum absolute atomic E-state index is 12.2. The van der Waals surface area contributed by atoms with Crippen molar-refractivity contribution < 1.29 is 26.7 Å². The molecule has 3 rings (SSSR count). The van der Waals surface area contributed by atoms with Crippen LogP contribution in [0, 0.1) is 0 Å². The van der Waals surface area contributed by atoms with E-state index >= 15 is 0 Å².